The van der Waals surface area contributed by atoms with Crippen LogP contribution in [0.4, 0.5) is 70.2 Å². The minimum Gasteiger partial charge on any atom is -0.290 e. The molecule has 154 valence electrons. The van der Waals surface area contributed by atoms with Crippen molar-refractivity contribution in [3.05, 3.63) is 11.4 Å². The van der Waals surface area contributed by atoms with Gasteiger partial charge in [0.15, 0.2) is 5.83 Å². The molecule has 0 bridgehead atoms. The Morgan fingerprint density at radius 1 is 0.538 bits per heavy atom. The molecule has 0 saturated heterocycles. The predicted molar refractivity (Wildman–Crippen MR) is 46.1 cm³/mol. The zero-order chi connectivity index (χ0) is 21.7. The number of carbonyl (C=O) groups is 1. The van der Waals surface area contributed by atoms with Crippen molar-refractivity contribution in [1.82, 2.24) is 0 Å². The molecule has 0 aromatic heterocycles. The smallest absolute Gasteiger partial charge is 0.290 e. The molecular formula is C9F16O. The van der Waals surface area contributed by atoms with Gasteiger partial charge >= 0.3 is 36.3 Å². The van der Waals surface area contributed by atoms with E-state index in [0.717, 1.165) is 0 Å². The van der Waals surface area contributed by atoms with Gasteiger partial charge in [-0.25, -0.2) is 8.78 Å². The third kappa shape index (κ3) is 3.84. The molecule has 0 unspecified atom stereocenters. The molecule has 0 aliphatic heterocycles. The van der Waals surface area contributed by atoms with Crippen LogP contribution in [0.2, 0.25) is 0 Å². The third-order valence-corrected chi connectivity index (χ3v) is 2.46. The van der Waals surface area contributed by atoms with Crippen LogP contribution in [0.15, 0.2) is 11.4 Å². The summed E-state index contributed by atoms with van der Waals surface area (Å²) in [7, 11) is 0. The molecule has 0 radical (unpaired) electrons. The number of allylic oxidation sites excluding steroid dienone is 2. The largest absolute Gasteiger partial charge is 0.460 e. The van der Waals surface area contributed by atoms with Gasteiger partial charge in [-0.2, -0.15) is 61.5 Å². The molecule has 0 atom stereocenters. The summed E-state index contributed by atoms with van der Waals surface area (Å²) in [6, 6.07) is 0. The summed E-state index contributed by atoms with van der Waals surface area (Å²) in [4.78, 5) is 10.8. The fourth-order valence-corrected chi connectivity index (χ4v) is 1.22. The fourth-order valence-electron chi connectivity index (χ4n) is 1.22. The highest BCUT2D eigenvalue weighted by Gasteiger charge is 2.79. The second-order valence-corrected chi connectivity index (χ2v) is 4.24. The van der Waals surface area contributed by atoms with E-state index in [9.17, 15) is 75.0 Å². The van der Waals surface area contributed by atoms with Crippen molar-refractivity contribution in [1.29, 1.82) is 0 Å². The maximum absolute atomic E-state index is 13.2. The number of alkyl halides is 15. The first-order chi connectivity index (χ1) is 10.9. The van der Waals surface area contributed by atoms with Crippen LogP contribution >= 0.6 is 0 Å². The summed E-state index contributed by atoms with van der Waals surface area (Å²) < 4.78 is 197. The van der Waals surface area contributed by atoms with Crippen molar-refractivity contribution >= 4 is 5.78 Å². The van der Waals surface area contributed by atoms with Crippen LogP contribution in [-0.2, 0) is 4.79 Å². The zero-order valence-corrected chi connectivity index (χ0v) is 11.0. The van der Waals surface area contributed by atoms with Gasteiger partial charge in [0.2, 0.25) is 5.78 Å². The minimum absolute atomic E-state index is 4.93. The highest BCUT2D eigenvalue weighted by atomic mass is 19.4. The molecule has 0 saturated carbocycles. The topological polar surface area (TPSA) is 17.1 Å². The van der Waals surface area contributed by atoms with E-state index in [1.54, 1.807) is 0 Å². The van der Waals surface area contributed by atoms with E-state index < -0.39 is 53.5 Å². The Morgan fingerprint density at radius 2 is 0.846 bits per heavy atom. The zero-order valence-electron chi connectivity index (χ0n) is 11.0. The van der Waals surface area contributed by atoms with Crippen LogP contribution in [0, 0.1) is 0 Å². The summed E-state index contributed by atoms with van der Waals surface area (Å²) in [5.41, 5.74) is -12.6. The molecule has 0 aliphatic carbocycles. The maximum Gasteiger partial charge on any atom is 0.460 e. The fraction of sp³-hybridized carbons (Fsp3) is 0.667. The number of ketones is 1. The van der Waals surface area contributed by atoms with Gasteiger partial charge in [0.05, 0.1) is 0 Å². The van der Waals surface area contributed by atoms with Gasteiger partial charge in [-0.15, -0.1) is 0 Å². The van der Waals surface area contributed by atoms with Crippen LogP contribution in [0.25, 0.3) is 0 Å². The summed E-state index contributed by atoms with van der Waals surface area (Å²) >= 11 is 0. The monoisotopic (exact) mass is 428 g/mol. The highest BCUT2D eigenvalue weighted by molar-refractivity contribution is 6.04. The van der Waals surface area contributed by atoms with E-state index >= 15 is 0 Å². The van der Waals surface area contributed by atoms with Crippen molar-refractivity contribution in [3.63, 3.8) is 0 Å². The molecule has 1 nitrogen and oxygen atoms in total. The molecule has 0 N–H and O–H groups in total. The SMILES string of the molecule is O=C(/C(=C(/F)C(F)(F)C(F)(F)F)C(F)(F)F)C(F)(C(F)(F)F)C(F)(F)F. The molecule has 0 heterocycles. The van der Waals surface area contributed by atoms with Crippen molar-refractivity contribution in [2.75, 3.05) is 0 Å². The molecule has 0 aliphatic rings. The Bertz CT molecular complexity index is 567. The van der Waals surface area contributed by atoms with Crippen LogP contribution in [0.5, 0.6) is 0 Å². The molecule has 0 aromatic rings. The molecule has 17 heteroatoms. The summed E-state index contributed by atoms with van der Waals surface area (Å²) in [5, 5.41) is 0. The third-order valence-electron chi connectivity index (χ3n) is 2.46. The Hall–Kier alpha value is -1.71. The van der Waals surface area contributed by atoms with E-state index in [2.05, 4.69) is 0 Å². The van der Waals surface area contributed by atoms with Crippen molar-refractivity contribution in [2.45, 2.75) is 36.3 Å². The van der Waals surface area contributed by atoms with Crippen LogP contribution < -0.4 is 0 Å². The van der Waals surface area contributed by atoms with Crippen molar-refractivity contribution in [2.24, 2.45) is 0 Å². The molecule has 26 heavy (non-hydrogen) atoms. The number of hydrogen-bond donors (Lipinski definition) is 0. The lowest BCUT2D eigenvalue weighted by Crippen LogP contribution is -2.60. The van der Waals surface area contributed by atoms with Gasteiger partial charge in [0.25, 0.3) is 0 Å². The number of rotatable bonds is 3. The average Bonchev–Trinajstić information content (AvgIpc) is 2.31. The van der Waals surface area contributed by atoms with Crippen LogP contribution in [0.3, 0.4) is 0 Å². The first-order valence-corrected chi connectivity index (χ1v) is 5.23. The first kappa shape index (κ1) is 24.3. The Kier molecular flexibility index (Phi) is 5.77. The number of Topliss-reactive ketones (excluding diaryl/α,β-unsaturated/α-hetero) is 1. The summed E-state index contributed by atoms with van der Waals surface area (Å²) in [5.74, 6) is -17.5. The number of halogens is 16. The highest BCUT2D eigenvalue weighted by Crippen LogP contribution is 2.52. The lowest BCUT2D eigenvalue weighted by Gasteiger charge is -2.30. The van der Waals surface area contributed by atoms with Gasteiger partial charge in [0, 0.05) is 0 Å². The second kappa shape index (κ2) is 6.17. The summed E-state index contributed by atoms with van der Waals surface area (Å²) in [6.07, 6.45) is -29.8. The molecule has 0 rings (SSSR count). The lowest BCUT2D eigenvalue weighted by molar-refractivity contribution is -0.324. The molecule has 0 spiro atoms. The quantitative estimate of drug-likeness (QED) is 0.437. The van der Waals surface area contributed by atoms with E-state index in [1.807, 2.05) is 0 Å². The Balaban J connectivity index is 7.03. The Labute approximate surface area is 130 Å². The van der Waals surface area contributed by atoms with Crippen LogP contribution in [0.1, 0.15) is 0 Å². The molecule has 0 aromatic carbocycles. The van der Waals surface area contributed by atoms with Gasteiger partial charge in [-0.1, -0.05) is 0 Å². The van der Waals surface area contributed by atoms with Gasteiger partial charge < -0.3 is 0 Å². The van der Waals surface area contributed by atoms with Crippen LogP contribution in [-0.4, -0.2) is 42.1 Å². The Morgan fingerprint density at radius 3 is 1.04 bits per heavy atom. The normalized spacial score (nSPS) is 16.5. The van der Waals surface area contributed by atoms with E-state index in [-0.39, 0.29) is 0 Å². The number of hydrogen-bond acceptors (Lipinski definition) is 1. The van der Waals surface area contributed by atoms with Gasteiger partial charge in [-0.05, 0) is 0 Å². The second-order valence-electron chi connectivity index (χ2n) is 4.24. The standard InChI is InChI=1S/C9F16O/c10-2(5(12,13)9(23,24)25)1(6(14,15)16)3(26)4(11,7(17,18)19)8(20,21)22/b2-1-. The van der Waals surface area contributed by atoms with E-state index in [0.29, 0.717) is 0 Å². The summed E-state index contributed by atoms with van der Waals surface area (Å²) in [6.45, 7) is 0. The van der Waals surface area contributed by atoms with Crippen molar-refractivity contribution < 1.29 is 75.0 Å². The maximum atomic E-state index is 13.2. The van der Waals surface area contributed by atoms with E-state index in [1.165, 1.54) is 0 Å². The number of carbonyl (C=O) groups excluding carboxylic acids is 1. The molecule has 0 amide bonds. The van der Waals surface area contributed by atoms with Gasteiger partial charge in [-0.3, -0.25) is 4.79 Å². The van der Waals surface area contributed by atoms with Crippen molar-refractivity contribution in [3.8, 4) is 0 Å². The minimum atomic E-state index is -7.62. The predicted octanol–water partition coefficient (Wildman–Crippen LogP) is 5.37. The molecular weight excluding hydrogens is 428 g/mol. The lowest BCUT2D eigenvalue weighted by atomic mass is 9.91. The molecule has 0 fully saturated rings. The van der Waals surface area contributed by atoms with Gasteiger partial charge in [0.1, 0.15) is 5.57 Å². The van der Waals surface area contributed by atoms with E-state index in [4.69, 9.17) is 0 Å². The average molecular weight is 428 g/mol. The first-order valence-electron chi connectivity index (χ1n) is 5.23.